The van der Waals surface area contributed by atoms with Gasteiger partial charge in [0.2, 0.25) is 17.6 Å². The average molecular weight is 497 g/mol. The monoisotopic (exact) mass is 496 g/mol. The Balaban J connectivity index is 1.27. The van der Waals surface area contributed by atoms with Crippen LogP contribution in [0.1, 0.15) is 51.1 Å². The predicted molar refractivity (Wildman–Crippen MR) is 133 cm³/mol. The summed E-state index contributed by atoms with van der Waals surface area (Å²) < 4.78 is 29.9. The predicted octanol–water partition coefficient (Wildman–Crippen LogP) is 4.76. The number of piperidine rings is 1. The molecule has 2 aromatic carbocycles. The van der Waals surface area contributed by atoms with E-state index in [1.807, 2.05) is 39.0 Å². The maximum atomic E-state index is 13.1. The molecule has 2 heterocycles. The van der Waals surface area contributed by atoms with Gasteiger partial charge in [0.1, 0.15) is 5.82 Å². The fourth-order valence-electron chi connectivity index (χ4n) is 4.33. The highest BCUT2D eigenvalue weighted by Crippen LogP contribution is 2.31. The SMILES string of the molecule is CCOc1ccc(C(C)NC(=O)C2CCN(Cc3nc(-c4ccc(F)cc4)no3)CC2)cc1OCC. The van der Waals surface area contributed by atoms with Crippen LogP contribution in [0, 0.1) is 11.7 Å². The third-order valence-electron chi connectivity index (χ3n) is 6.31. The molecule has 1 unspecified atom stereocenters. The molecule has 1 aromatic heterocycles. The van der Waals surface area contributed by atoms with Crippen molar-refractivity contribution in [2.75, 3.05) is 26.3 Å². The van der Waals surface area contributed by atoms with E-state index in [0.717, 1.165) is 31.5 Å². The van der Waals surface area contributed by atoms with Crippen molar-refractivity contribution < 1.29 is 23.2 Å². The average Bonchev–Trinajstić information content (AvgIpc) is 3.34. The lowest BCUT2D eigenvalue weighted by atomic mass is 9.95. The highest BCUT2D eigenvalue weighted by molar-refractivity contribution is 5.79. The second-order valence-corrected chi connectivity index (χ2v) is 8.87. The van der Waals surface area contributed by atoms with E-state index in [9.17, 15) is 9.18 Å². The maximum absolute atomic E-state index is 13.1. The minimum absolute atomic E-state index is 0.0461. The summed E-state index contributed by atoms with van der Waals surface area (Å²) in [6.07, 6.45) is 1.51. The van der Waals surface area contributed by atoms with Crippen LogP contribution in [-0.2, 0) is 11.3 Å². The number of rotatable bonds is 10. The Morgan fingerprint density at radius 1 is 1.11 bits per heavy atom. The van der Waals surface area contributed by atoms with Gasteiger partial charge in [-0.3, -0.25) is 9.69 Å². The van der Waals surface area contributed by atoms with Crippen LogP contribution in [0.3, 0.4) is 0 Å². The Hall–Kier alpha value is -3.46. The van der Waals surface area contributed by atoms with E-state index in [-0.39, 0.29) is 23.7 Å². The van der Waals surface area contributed by atoms with Gasteiger partial charge in [0.25, 0.3) is 0 Å². The molecule has 1 amide bonds. The second kappa shape index (κ2) is 12.0. The van der Waals surface area contributed by atoms with Gasteiger partial charge >= 0.3 is 0 Å². The maximum Gasteiger partial charge on any atom is 0.241 e. The Morgan fingerprint density at radius 2 is 1.81 bits per heavy atom. The molecule has 0 radical (unpaired) electrons. The second-order valence-electron chi connectivity index (χ2n) is 8.87. The Labute approximate surface area is 210 Å². The van der Waals surface area contributed by atoms with Gasteiger partial charge in [-0.25, -0.2) is 4.39 Å². The van der Waals surface area contributed by atoms with Crippen molar-refractivity contribution in [1.29, 1.82) is 0 Å². The van der Waals surface area contributed by atoms with Crippen molar-refractivity contribution in [3.63, 3.8) is 0 Å². The number of aromatic nitrogens is 2. The highest BCUT2D eigenvalue weighted by atomic mass is 19.1. The molecular formula is C27H33FN4O4. The third-order valence-corrected chi connectivity index (χ3v) is 6.31. The number of nitrogens with zero attached hydrogens (tertiary/aromatic N) is 3. The quantitative estimate of drug-likeness (QED) is 0.433. The molecular weight excluding hydrogens is 463 g/mol. The molecule has 1 aliphatic heterocycles. The van der Waals surface area contributed by atoms with Gasteiger partial charge in [0.05, 0.1) is 25.8 Å². The van der Waals surface area contributed by atoms with E-state index in [4.69, 9.17) is 14.0 Å². The molecule has 9 heteroatoms. The van der Waals surface area contributed by atoms with E-state index < -0.39 is 0 Å². The van der Waals surface area contributed by atoms with Gasteiger partial charge in [-0.2, -0.15) is 4.98 Å². The molecule has 4 rings (SSSR count). The molecule has 1 N–H and O–H groups in total. The lowest BCUT2D eigenvalue weighted by Crippen LogP contribution is -2.40. The van der Waals surface area contributed by atoms with Gasteiger partial charge in [-0.15, -0.1) is 0 Å². The fourth-order valence-corrected chi connectivity index (χ4v) is 4.33. The van der Waals surface area contributed by atoms with Crippen molar-refractivity contribution in [2.24, 2.45) is 5.92 Å². The summed E-state index contributed by atoms with van der Waals surface area (Å²) >= 11 is 0. The van der Waals surface area contributed by atoms with Crippen molar-refractivity contribution in [3.8, 4) is 22.9 Å². The molecule has 1 atom stereocenters. The lowest BCUT2D eigenvalue weighted by molar-refractivity contribution is -0.127. The molecule has 3 aromatic rings. The first-order valence-corrected chi connectivity index (χ1v) is 12.5. The third kappa shape index (κ3) is 6.40. The van der Waals surface area contributed by atoms with Gasteiger partial charge in [-0.05, 0) is 88.7 Å². The normalized spacial score (nSPS) is 15.4. The fraction of sp³-hybridized carbons (Fsp3) is 0.444. The first-order valence-electron chi connectivity index (χ1n) is 12.5. The van der Waals surface area contributed by atoms with Crippen LogP contribution in [0.15, 0.2) is 47.0 Å². The van der Waals surface area contributed by atoms with Gasteiger partial charge in [0.15, 0.2) is 11.5 Å². The summed E-state index contributed by atoms with van der Waals surface area (Å²) in [5.74, 6) is 2.05. The van der Waals surface area contributed by atoms with E-state index in [0.29, 0.717) is 48.5 Å². The summed E-state index contributed by atoms with van der Waals surface area (Å²) in [5, 5.41) is 7.16. The van der Waals surface area contributed by atoms with Crippen molar-refractivity contribution in [1.82, 2.24) is 20.4 Å². The van der Waals surface area contributed by atoms with Crippen molar-refractivity contribution in [3.05, 3.63) is 59.7 Å². The number of hydrogen-bond acceptors (Lipinski definition) is 7. The first kappa shape index (κ1) is 25.6. The molecule has 0 aliphatic carbocycles. The number of ether oxygens (including phenoxy) is 2. The van der Waals surface area contributed by atoms with Crippen LogP contribution in [-0.4, -0.2) is 47.3 Å². The molecule has 1 aliphatic rings. The van der Waals surface area contributed by atoms with Crippen LogP contribution in [0.2, 0.25) is 0 Å². The summed E-state index contributed by atoms with van der Waals surface area (Å²) in [6.45, 7) is 8.99. The zero-order valence-electron chi connectivity index (χ0n) is 21.0. The summed E-state index contributed by atoms with van der Waals surface area (Å²) in [4.78, 5) is 19.6. The molecule has 1 saturated heterocycles. The number of carbonyl (C=O) groups excluding carboxylic acids is 1. The van der Waals surface area contributed by atoms with Crippen molar-refractivity contribution in [2.45, 2.75) is 46.2 Å². The van der Waals surface area contributed by atoms with E-state index in [2.05, 4.69) is 20.4 Å². The Bertz CT molecular complexity index is 1140. The largest absolute Gasteiger partial charge is 0.490 e. The van der Waals surface area contributed by atoms with Crippen LogP contribution < -0.4 is 14.8 Å². The minimum atomic E-state index is -0.307. The smallest absolute Gasteiger partial charge is 0.241 e. The van der Waals surface area contributed by atoms with Crippen LogP contribution >= 0.6 is 0 Å². The number of carbonyl (C=O) groups is 1. The molecule has 192 valence electrons. The number of amides is 1. The Kier molecular flexibility index (Phi) is 8.53. The summed E-state index contributed by atoms with van der Waals surface area (Å²) in [7, 11) is 0. The highest BCUT2D eigenvalue weighted by Gasteiger charge is 2.27. The van der Waals surface area contributed by atoms with Crippen molar-refractivity contribution >= 4 is 5.91 Å². The zero-order chi connectivity index (χ0) is 25.5. The van der Waals surface area contributed by atoms with Gasteiger partial charge < -0.3 is 19.3 Å². The van der Waals surface area contributed by atoms with E-state index >= 15 is 0 Å². The molecule has 8 nitrogen and oxygen atoms in total. The number of likely N-dealkylation sites (tertiary alicyclic amines) is 1. The van der Waals surface area contributed by atoms with Crippen LogP contribution in [0.4, 0.5) is 4.39 Å². The lowest BCUT2D eigenvalue weighted by Gasteiger charge is -2.31. The molecule has 0 bridgehead atoms. The number of benzene rings is 2. The number of hydrogen-bond donors (Lipinski definition) is 1. The van der Waals surface area contributed by atoms with E-state index in [1.165, 1.54) is 12.1 Å². The standard InChI is InChI=1S/C27H33FN4O4/c1-4-34-23-11-8-21(16-24(23)35-5-2)18(3)29-27(33)20-12-14-32(15-13-20)17-25-30-26(31-36-25)19-6-9-22(28)10-7-19/h6-11,16,18,20H,4-5,12-15,17H2,1-3H3,(H,29,33). The number of nitrogens with one attached hydrogen (secondary N) is 1. The molecule has 0 spiro atoms. The van der Waals surface area contributed by atoms with Crippen LogP contribution in [0.5, 0.6) is 11.5 Å². The summed E-state index contributed by atoms with van der Waals surface area (Å²) in [6, 6.07) is 11.6. The minimum Gasteiger partial charge on any atom is -0.490 e. The van der Waals surface area contributed by atoms with Crippen LogP contribution in [0.25, 0.3) is 11.4 Å². The van der Waals surface area contributed by atoms with Gasteiger partial charge in [-0.1, -0.05) is 11.2 Å². The topological polar surface area (TPSA) is 89.7 Å². The zero-order valence-corrected chi connectivity index (χ0v) is 21.0. The van der Waals surface area contributed by atoms with E-state index in [1.54, 1.807) is 12.1 Å². The Morgan fingerprint density at radius 3 is 2.50 bits per heavy atom. The molecule has 1 fully saturated rings. The molecule has 0 saturated carbocycles. The number of halogens is 1. The summed E-state index contributed by atoms with van der Waals surface area (Å²) in [5.41, 5.74) is 1.68. The first-order chi connectivity index (χ1) is 17.5. The van der Waals surface area contributed by atoms with Gasteiger partial charge in [0, 0.05) is 11.5 Å². The molecule has 36 heavy (non-hydrogen) atoms.